The zero-order chi connectivity index (χ0) is 24.3. The highest BCUT2D eigenvalue weighted by molar-refractivity contribution is 7.18. The number of thiazole rings is 1. The summed E-state index contributed by atoms with van der Waals surface area (Å²) in [6, 6.07) is 0.684. The second kappa shape index (κ2) is 8.70. The molecule has 6 nitrogen and oxygen atoms in total. The lowest BCUT2D eigenvalue weighted by atomic mass is 9.70. The van der Waals surface area contributed by atoms with Crippen molar-refractivity contribution in [3.8, 4) is 11.3 Å². The van der Waals surface area contributed by atoms with Crippen molar-refractivity contribution in [1.29, 1.82) is 0 Å². The Morgan fingerprint density at radius 1 is 1.17 bits per heavy atom. The molecule has 2 fully saturated rings. The number of aromatic nitrogens is 5. The molecule has 2 saturated carbocycles. The van der Waals surface area contributed by atoms with Crippen molar-refractivity contribution < 1.29 is 0 Å². The van der Waals surface area contributed by atoms with E-state index >= 15 is 0 Å². The van der Waals surface area contributed by atoms with Crippen LogP contribution in [0.25, 0.3) is 27.3 Å². The van der Waals surface area contributed by atoms with Crippen LogP contribution in [0.15, 0.2) is 12.5 Å². The standard InChI is InChI=1S/C28H38N6S/c1-16(2)22-23(21-13-34-25(30-15-31-34)18(4)17(21)3)32-27-24(22)33-26(35-27)19-7-9-20(10-8-19)29-14-28(5)11-6-12-28/h13,15-16,19-20,29,32H,6-12,14H2,1-5H3. The number of hydrogen-bond donors (Lipinski definition) is 2. The lowest BCUT2D eigenvalue weighted by Crippen LogP contribution is -2.43. The predicted molar refractivity (Wildman–Crippen MR) is 144 cm³/mol. The molecular weight excluding hydrogens is 452 g/mol. The zero-order valence-electron chi connectivity index (χ0n) is 21.7. The van der Waals surface area contributed by atoms with Gasteiger partial charge in [0, 0.05) is 35.8 Å². The van der Waals surface area contributed by atoms with Crippen LogP contribution in [0.4, 0.5) is 0 Å². The number of rotatable bonds is 6. The Labute approximate surface area is 212 Å². The van der Waals surface area contributed by atoms with Gasteiger partial charge in [-0.3, -0.25) is 0 Å². The molecule has 0 aromatic carbocycles. The maximum absolute atomic E-state index is 5.27. The van der Waals surface area contributed by atoms with Gasteiger partial charge < -0.3 is 10.3 Å². The molecule has 0 atom stereocenters. The summed E-state index contributed by atoms with van der Waals surface area (Å²) in [5, 5.41) is 9.63. The van der Waals surface area contributed by atoms with Gasteiger partial charge in [-0.1, -0.05) is 27.2 Å². The average molecular weight is 491 g/mol. The molecule has 0 saturated heterocycles. The number of H-pyrrole nitrogens is 1. The second-order valence-electron chi connectivity index (χ2n) is 11.7. The summed E-state index contributed by atoms with van der Waals surface area (Å²) < 4.78 is 1.90. The van der Waals surface area contributed by atoms with Gasteiger partial charge in [-0.15, -0.1) is 11.3 Å². The first kappa shape index (κ1) is 23.2. The average Bonchev–Trinajstić information content (AvgIpc) is 3.53. The Bertz CT molecular complexity index is 1360. The summed E-state index contributed by atoms with van der Waals surface area (Å²) in [5.41, 5.74) is 8.81. The molecule has 0 aliphatic heterocycles. The lowest BCUT2D eigenvalue weighted by Gasteiger charge is -2.40. The van der Waals surface area contributed by atoms with Crippen LogP contribution in [-0.2, 0) is 0 Å². The molecule has 35 heavy (non-hydrogen) atoms. The van der Waals surface area contributed by atoms with Crippen LogP contribution in [0.1, 0.15) is 99.3 Å². The quantitative estimate of drug-likeness (QED) is 0.309. The zero-order valence-corrected chi connectivity index (χ0v) is 22.6. The van der Waals surface area contributed by atoms with E-state index < -0.39 is 0 Å². The van der Waals surface area contributed by atoms with Crippen molar-refractivity contribution in [2.45, 2.75) is 97.4 Å². The Hall–Kier alpha value is -2.25. The molecule has 4 aromatic heterocycles. The maximum Gasteiger partial charge on any atom is 0.158 e. The smallest absolute Gasteiger partial charge is 0.158 e. The van der Waals surface area contributed by atoms with Crippen molar-refractivity contribution >= 4 is 27.3 Å². The summed E-state index contributed by atoms with van der Waals surface area (Å²) in [6.07, 6.45) is 13.0. The van der Waals surface area contributed by atoms with Gasteiger partial charge >= 0.3 is 0 Å². The minimum Gasteiger partial charge on any atom is -0.345 e. The highest BCUT2D eigenvalue weighted by Crippen LogP contribution is 2.43. The van der Waals surface area contributed by atoms with E-state index in [1.165, 1.54) is 94.8 Å². The van der Waals surface area contributed by atoms with Gasteiger partial charge in [-0.05, 0) is 74.8 Å². The minimum absolute atomic E-state index is 0.382. The van der Waals surface area contributed by atoms with Crippen molar-refractivity contribution in [2.24, 2.45) is 5.41 Å². The van der Waals surface area contributed by atoms with E-state index in [9.17, 15) is 0 Å². The lowest BCUT2D eigenvalue weighted by molar-refractivity contribution is 0.145. The molecular formula is C28H38N6S. The van der Waals surface area contributed by atoms with E-state index in [0.29, 0.717) is 23.3 Å². The van der Waals surface area contributed by atoms with E-state index in [-0.39, 0.29) is 0 Å². The third kappa shape index (κ3) is 4.01. The van der Waals surface area contributed by atoms with E-state index in [1.807, 2.05) is 15.9 Å². The largest absolute Gasteiger partial charge is 0.345 e. The number of fused-ring (bicyclic) bond motifs is 2. The van der Waals surface area contributed by atoms with Crippen LogP contribution < -0.4 is 5.32 Å². The summed E-state index contributed by atoms with van der Waals surface area (Å²) in [7, 11) is 0. The van der Waals surface area contributed by atoms with Crippen molar-refractivity contribution in [1.82, 2.24) is 29.9 Å². The normalized spacial score (nSPS) is 22.3. The number of aromatic amines is 1. The van der Waals surface area contributed by atoms with Gasteiger partial charge in [0.15, 0.2) is 5.65 Å². The molecule has 0 amide bonds. The van der Waals surface area contributed by atoms with Crippen LogP contribution in [0.3, 0.4) is 0 Å². The summed E-state index contributed by atoms with van der Waals surface area (Å²) in [6.45, 7) is 12.5. The molecule has 0 radical (unpaired) electrons. The highest BCUT2D eigenvalue weighted by atomic mass is 32.1. The first-order valence-electron chi connectivity index (χ1n) is 13.4. The Kier molecular flexibility index (Phi) is 5.76. The number of aryl methyl sites for hydroxylation is 1. The van der Waals surface area contributed by atoms with E-state index in [4.69, 9.17) is 4.98 Å². The molecule has 4 aromatic rings. The molecule has 4 heterocycles. The number of hydrogen-bond acceptors (Lipinski definition) is 5. The van der Waals surface area contributed by atoms with Crippen LogP contribution in [0.2, 0.25) is 0 Å². The first-order valence-corrected chi connectivity index (χ1v) is 14.2. The van der Waals surface area contributed by atoms with Crippen molar-refractivity contribution in [3.63, 3.8) is 0 Å². The van der Waals surface area contributed by atoms with Crippen LogP contribution in [0.5, 0.6) is 0 Å². The van der Waals surface area contributed by atoms with Gasteiger partial charge in [-0.2, -0.15) is 5.10 Å². The molecule has 0 spiro atoms. The third-order valence-corrected chi connectivity index (χ3v) is 9.97. The minimum atomic E-state index is 0.382. The number of nitrogens with one attached hydrogen (secondary N) is 2. The number of pyridine rings is 1. The molecule has 7 heteroatoms. The van der Waals surface area contributed by atoms with Gasteiger partial charge in [0.05, 0.1) is 10.7 Å². The fourth-order valence-corrected chi connectivity index (χ4v) is 7.35. The number of nitrogens with zero attached hydrogens (tertiary/aromatic N) is 4. The second-order valence-corrected chi connectivity index (χ2v) is 12.7. The molecule has 2 N–H and O–H groups in total. The van der Waals surface area contributed by atoms with E-state index in [2.05, 4.69) is 61.2 Å². The topological polar surface area (TPSA) is 70.9 Å². The van der Waals surface area contributed by atoms with Gasteiger partial charge in [-0.25, -0.2) is 14.5 Å². The monoisotopic (exact) mass is 490 g/mol. The summed E-state index contributed by atoms with van der Waals surface area (Å²) in [4.78, 5) is 14.7. The van der Waals surface area contributed by atoms with Gasteiger partial charge in [0.25, 0.3) is 0 Å². The molecule has 2 aliphatic rings. The Morgan fingerprint density at radius 3 is 2.63 bits per heavy atom. The molecule has 6 rings (SSSR count). The predicted octanol–water partition coefficient (Wildman–Crippen LogP) is 6.88. The molecule has 0 bridgehead atoms. The highest BCUT2D eigenvalue weighted by Gasteiger charge is 2.33. The van der Waals surface area contributed by atoms with Gasteiger partial charge in [0.1, 0.15) is 16.7 Å². The fraction of sp³-hybridized carbons (Fsp3) is 0.607. The first-order chi connectivity index (χ1) is 16.8. The van der Waals surface area contributed by atoms with E-state index in [1.54, 1.807) is 6.33 Å². The fourth-order valence-electron chi connectivity index (χ4n) is 6.20. The molecule has 2 aliphatic carbocycles. The SMILES string of the molecule is Cc1c(-c2[nH]c3sc(C4CCC(NCC5(C)CCC5)CC4)nc3c2C(C)C)cn2ncnc2c1C. The van der Waals surface area contributed by atoms with E-state index in [0.717, 1.165) is 5.65 Å². The summed E-state index contributed by atoms with van der Waals surface area (Å²) >= 11 is 1.88. The maximum atomic E-state index is 5.27. The van der Waals surface area contributed by atoms with Crippen LogP contribution in [0, 0.1) is 19.3 Å². The van der Waals surface area contributed by atoms with Crippen LogP contribution in [-0.4, -0.2) is 37.2 Å². The van der Waals surface area contributed by atoms with Crippen molar-refractivity contribution in [3.05, 3.63) is 34.2 Å². The third-order valence-electron chi connectivity index (χ3n) is 8.83. The van der Waals surface area contributed by atoms with Crippen LogP contribution >= 0.6 is 11.3 Å². The van der Waals surface area contributed by atoms with Crippen molar-refractivity contribution in [2.75, 3.05) is 6.54 Å². The Balaban J connectivity index is 1.25. The molecule has 186 valence electrons. The molecule has 0 unspecified atom stereocenters. The Morgan fingerprint density at radius 2 is 1.94 bits per heavy atom. The van der Waals surface area contributed by atoms with Gasteiger partial charge in [0.2, 0.25) is 0 Å². The summed E-state index contributed by atoms with van der Waals surface area (Å²) in [5.74, 6) is 0.977.